The molecule has 0 amide bonds. The summed E-state index contributed by atoms with van der Waals surface area (Å²) in [6.07, 6.45) is 16.4. The summed E-state index contributed by atoms with van der Waals surface area (Å²) < 4.78 is 0. The second kappa shape index (κ2) is 11.6. The number of hydrogen-bond acceptors (Lipinski definition) is 0. The van der Waals surface area contributed by atoms with E-state index in [1.807, 2.05) is 0 Å². The molecule has 0 aliphatic heterocycles. The molecular weight excluding hydrogens is 180 g/mol. The highest BCUT2D eigenvalue weighted by molar-refractivity contribution is 4.91. The van der Waals surface area contributed by atoms with Gasteiger partial charge in [0.05, 0.1) is 0 Å². The minimum atomic E-state index is 1.16. The lowest BCUT2D eigenvalue weighted by molar-refractivity contribution is 0.594. The van der Waals surface area contributed by atoms with E-state index in [0.717, 1.165) is 6.42 Å². The molecule has 0 atom stereocenters. The van der Waals surface area contributed by atoms with Crippen LogP contribution in [-0.2, 0) is 0 Å². The van der Waals surface area contributed by atoms with Crippen molar-refractivity contribution in [1.82, 2.24) is 0 Å². The highest BCUT2D eigenvalue weighted by atomic mass is 14.0. The Morgan fingerprint density at radius 3 is 2.20 bits per heavy atom. The second-order valence-electron chi connectivity index (χ2n) is 4.33. The Kier molecular flexibility index (Phi) is 11.2. The fourth-order valence-electron chi connectivity index (χ4n) is 1.69. The van der Waals surface area contributed by atoms with E-state index in [2.05, 4.69) is 32.6 Å². The molecule has 0 heterocycles. The molecule has 0 unspecified atom stereocenters. The number of rotatable bonds is 10. The van der Waals surface area contributed by atoms with Crippen LogP contribution >= 0.6 is 0 Å². The van der Waals surface area contributed by atoms with Crippen LogP contribution < -0.4 is 0 Å². The van der Waals surface area contributed by atoms with Gasteiger partial charge in [0.1, 0.15) is 0 Å². The Hall–Kier alpha value is -0.520. The van der Waals surface area contributed by atoms with Crippen LogP contribution in [0.4, 0.5) is 0 Å². The van der Waals surface area contributed by atoms with Gasteiger partial charge in [-0.2, -0.15) is 0 Å². The highest BCUT2D eigenvalue weighted by Gasteiger charge is 1.93. The van der Waals surface area contributed by atoms with Crippen molar-refractivity contribution in [3.8, 4) is 0 Å². The maximum absolute atomic E-state index is 4.03. The summed E-state index contributed by atoms with van der Waals surface area (Å²) in [5.41, 5.74) is 1.42. The fraction of sp³-hybridized carbons (Fsp3) is 0.733. The summed E-state index contributed by atoms with van der Waals surface area (Å²) in [4.78, 5) is 0. The molecule has 0 N–H and O–H groups in total. The predicted molar refractivity (Wildman–Crippen MR) is 71.2 cm³/mol. The lowest BCUT2D eigenvalue weighted by Gasteiger charge is -2.02. The summed E-state index contributed by atoms with van der Waals surface area (Å²) in [5, 5.41) is 0. The van der Waals surface area contributed by atoms with Gasteiger partial charge in [-0.15, -0.1) is 0 Å². The van der Waals surface area contributed by atoms with Gasteiger partial charge in [0.25, 0.3) is 0 Å². The minimum Gasteiger partial charge on any atom is -0.0999 e. The molecular formula is C15H28. The molecule has 0 aromatic carbocycles. The third kappa shape index (κ3) is 11.4. The quantitative estimate of drug-likeness (QED) is 0.321. The van der Waals surface area contributed by atoms with Crippen LogP contribution in [0.5, 0.6) is 0 Å². The van der Waals surface area contributed by atoms with E-state index in [-0.39, 0.29) is 0 Å². The Balaban J connectivity index is 3.02. The lowest BCUT2D eigenvalue weighted by Crippen LogP contribution is -1.82. The highest BCUT2D eigenvalue weighted by Crippen LogP contribution is 2.12. The first-order valence-corrected chi connectivity index (χ1v) is 6.59. The van der Waals surface area contributed by atoms with Crippen LogP contribution in [-0.4, -0.2) is 0 Å². The van der Waals surface area contributed by atoms with Crippen molar-refractivity contribution in [2.45, 2.75) is 71.6 Å². The molecule has 0 spiro atoms. The summed E-state index contributed by atoms with van der Waals surface area (Å²) in [7, 11) is 0. The normalized spacial score (nSPS) is 11.1. The van der Waals surface area contributed by atoms with E-state index in [1.54, 1.807) is 0 Å². The Labute approximate surface area is 96.5 Å². The number of unbranched alkanes of at least 4 members (excludes halogenated alkanes) is 6. The van der Waals surface area contributed by atoms with Crippen molar-refractivity contribution in [3.05, 3.63) is 24.3 Å². The molecule has 0 aromatic rings. The molecule has 0 rings (SSSR count). The first-order valence-electron chi connectivity index (χ1n) is 6.59. The number of allylic oxidation sites excluding steroid dienone is 3. The first kappa shape index (κ1) is 14.5. The topological polar surface area (TPSA) is 0 Å². The average Bonchev–Trinajstić information content (AvgIpc) is 2.26. The van der Waals surface area contributed by atoms with Gasteiger partial charge in [0.2, 0.25) is 0 Å². The van der Waals surface area contributed by atoms with E-state index in [4.69, 9.17) is 0 Å². The second-order valence-corrected chi connectivity index (χ2v) is 4.33. The predicted octanol–water partition coefficient (Wildman–Crippen LogP) is 5.65. The molecule has 0 heteroatoms. The van der Waals surface area contributed by atoms with E-state index in [0.29, 0.717) is 0 Å². The van der Waals surface area contributed by atoms with Crippen molar-refractivity contribution in [1.29, 1.82) is 0 Å². The maximum atomic E-state index is 4.03. The van der Waals surface area contributed by atoms with Crippen molar-refractivity contribution in [2.24, 2.45) is 0 Å². The molecule has 0 bridgehead atoms. The third-order valence-electron chi connectivity index (χ3n) is 2.89. The zero-order chi connectivity index (χ0) is 11.4. The maximum Gasteiger partial charge on any atom is -0.0323 e. The SMILES string of the molecule is C=C(CC)CCCCCCCCC=CC. The van der Waals surface area contributed by atoms with E-state index >= 15 is 0 Å². The van der Waals surface area contributed by atoms with Gasteiger partial charge < -0.3 is 0 Å². The Bertz CT molecular complexity index is 165. The summed E-state index contributed by atoms with van der Waals surface area (Å²) in [6, 6.07) is 0. The lowest BCUT2D eigenvalue weighted by atomic mass is 10.0. The molecule has 0 aromatic heterocycles. The van der Waals surface area contributed by atoms with Gasteiger partial charge in [0, 0.05) is 0 Å². The van der Waals surface area contributed by atoms with Crippen molar-refractivity contribution in [3.63, 3.8) is 0 Å². The first-order chi connectivity index (χ1) is 7.31. The van der Waals surface area contributed by atoms with E-state index < -0.39 is 0 Å². The van der Waals surface area contributed by atoms with Crippen LogP contribution in [0.15, 0.2) is 24.3 Å². The monoisotopic (exact) mass is 208 g/mol. The fourth-order valence-corrected chi connectivity index (χ4v) is 1.69. The van der Waals surface area contributed by atoms with Gasteiger partial charge >= 0.3 is 0 Å². The molecule has 0 aliphatic rings. The van der Waals surface area contributed by atoms with Crippen molar-refractivity contribution >= 4 is 0 Å². The number of hydrogen-bond donors (Lipinski definition) is 0. The van der Waals surface area contributed by atoms with Gasteiger partial charge in [-0.25, -0.2) is 0 Å². The summed E-state index contributed by atoms with van der Waals surface area (Å²) >= 11 is 0. The van der Waals surface area contributed by atoms with Crippen molar-refractivity contribution in [2.75, 3.05) is 0 Å². The average molecular weight is 208 g/mol. The third-order valence-corrected chi connectivity index (χ3v) is 2.89. The Morgan fingerprint density at radius 1 is 1.00 bits per heavy atom. The van der Waals surface area contributed by atoms with Crippen molar-refractivity contribution < 1.29 is 0 Å². The molecule has 0 aliphatic carbocycles. The van der Waals surface area contributed by atoms with Crippen LogP contribution in [0, 0.1) is 0 Å². The van der Waals surface area contributed by atoms with E-state index in [1.165, 1.54) is 56.9 Å². The smallest absolute Gasteiger partial charge is 0.0323 e. The summed E-state index contributed by atoms with van der Waals surface area (Å²) in [6.45, 7) is 8.33. The molecule has 0 radical (unpaired) electrons. The van der Waals surface area contributed by atoms with Gasteiger partial charge in [0.15, 0.2) is 0 Å². The largest absolute Gasteiger partial charge is 0.0999 e. The van der Waals surface area contributed by atoms with Crippen LogP contribution in [0.1, 0.15) is 71.6 Å². The zero-order valence-electron chi connectivity index (χ0n) is 10.7. The van der Waals surface area contributed by atoms with E-state index in [9.17, 15) is 0 Å². The minimum absolute atomic E-state index is 1.16. The zero-order valence-corrected chi connectivity index (χ0v) is 10.7. The van der Waals surface area contributed by atoms with Crippen LogP contribution in [0.2, 0.25) is 0 Å². The molecule has 0 saturated heterocycles. The molecule has 0 fully saturated rings. The molecule has 0 nitrogen and oxygen atoms in total. The van der Waals surface area contributed by atoms with Gasteiger partial charge in [-0.05, 0) is 39.0 Å². The van der Waals surface area contributed by atoms with Gasteiger partial charge in [-0.3, -0.25) is 0 Å². The van der Waals surface area contributed by atoms with Crippen LogP contribution in [0.3, 0.4) is 0 Å². The van der Waals surface area contributed by atoms with Gasteiger partial charge in [-0.1, -0.05) is 56.9 Å². The molecule has 88 valence electrons. The van der Waals surface area contributed by atoms with Crippen LogP contribution in [0.25, 0.3) is 0 Å². The molecule has 15 heavy (non-hydrogen) atoms. The standard InChI is InChI=1S/C15H28/c1-4-6-7-8-9-10-11-12-13-14-15(3)5-2/h4,6H,3,5,7-14H2,1-2H3. The Morgan fingerprint density at radius 2 is 1.60 bits per heavy atom. The summed E-state index contributed by atoms with van der Waals surface area (Å²) in [5.74, 6) is 0. The molecule has 0 saturated carbocycles.